The van der Waals surface area contributed by atoms with Gasteiger partial charge in [-0.05, 0) is 19.1 Å². The minimum absolute atomic E-state index is 0.0427. The Morgan fingerprint density at radius 1 is 1.41 bits per heavy atom. The summed E-state index contributed by atoms with van der Waals surface area (Å²) in [5.41, 5.74) is 0.391. The number of aliphatic imine (C=N–C) groups is 1. The van der Waals surface area contributed by atoms with Crippen molar-refractivity contribution in [1.29, 1.82) is 0 Å². The van der Waals surface area contributed by atoms with Gasteiger partial charge in [0.1, 0.15) is 11.5 Å². The van der Waals surface area contributed by atoms with E-state index in [9.17, 15) is 15.0 Å². The number of hydrogen-bond acceptors (Lipinski definition) is 5. The maximum Gasteiger partial charge on any atom is 0.329 e. The van der Waals surface area contributed by atoms with Crippen LogP contribution in [0.15, 0.2) is 23.2 Å². The summed E-state index contributed by atoms with van der Waals surface area (Å²) in [6, 6.07) is 3.27. The number of phenols is 2. The minimum atomic E-state index is -1.10. The van der Waals surface area contributed by atoms with Gasteiger partial charge in [0, 0.05) is 11.5 Å². The molecule has 0 aromatic heterocycles. The number of thiol groups is 1. The quantitative estimate of drug-likeness (QED) is 0.482. The highest BCUT2D eigenvalue weighted by Crippen LogP contribution is 2.27. The molecule has 5 nitrogen and oxygen atoms in total. The molecule has 0 aliphatic carbocycles. The van der Waals surface area contributed by atoms with Crippen molar-refractivity contribution >= 4 is 24.3 Å². The van der Waals surface area contributed by atoms with Crippen molar-refractivity contribution < 1.29 is 20.1 Å². The molecule has 0 radical (unpaired) electrons. The lowest BCUT2D eigenvalue weighted by Gasteiger charge is -2.09. The molecular formula is C11H13NO4S. The molecule has 3 N–H and O–H groups in total. The lowest BCUT2D eigenvalue weighted by molar-refractivity contribution is -0.137. The molecule has 1 unspecified atom stereocenters. The molecule has 0 bridgehead atoms. The van der Waals surface area contributed by atoms with Crippen LogP contribution in [0.4, 0.5) is 0 Å². The topological polar surface area (TPSA) is 90.1 Å². The number of benzene rings is 1. The molecule has 1 aromatic carbocycles. The summed E-state index contributed by atoms with van der Waals surface area (Å²) in [4.78, 5) is 14.7. The van der Waals surface area contributed by atoms with Crippen LogP contribution in [0.2, 0.25) is 0 Å². The number of hydrogen-bond donors (Lipinski definition) is 4. The Balaban J connectivity index is 3.15. The Labute approximate surface area is 104 Å². The summed E-state index contributed by atoms with van der Waals surface area (Å²) in [7, 11) is 0. The Kier molecular flexibility index (Phi) is 4.39. The van der Waals surface area contributed by atoms with Crippen LogP contribution >= 0.6 is 12.6 Å². The second-order valence-corrected chi connectivity index (χ2v) is 3.79. The zero-order valence-electron chi connectivity index (χ0n) is 9.16. The first-order chi connectivity index (χ1) is 7.97. The van der Waals surface area contributed by atoms with Gasteiger partial charge in [-0.1, -0.05) is 6.07 Å². The van der Waals surface area contributed by atoms with Gasteiger partial charge >= 0.3 is 5.97 Å². The zero-order valence-corrected chi connectivity index (χ0v) is 10.1. The van der Waals surface area contributed by atoms with E-state index < -0.39 is 12.0 Å². The Morgan fingerprint density at radius 2 is 1.94 bits per heavy atom. The van der Waals surface area contributed by atoms with E-state index >= 15 is 0 Å². The molecule has 0 saturated carbocycles. The van der Waals surface area contributed by atoms with Gasteiger partial charge in [-0.2, -0.15) is 12.6 Å². The summed E-state index contributed by atoms with van der Waals surface area (Å²) in [6.07, 6.45) is 0. The molecular weight excluding hydrogens is 242 g/mol. The molecule has 0 amide bonds. The molecule has 1 atom stereocenters. The van der Waals surface area contributed by atoms with Crippen molar-refractivity contribution in [3.05, 3.63) is 23.8 Å². The monoisotopic (exact) mass is 255 g/mol. The largest absolute Gasteiger partial charge is 0.507 e. The molecule has 0 fully saturated rings. The first-order valence-electron chi connectivity index (χ1n) is 4.86. The van der Waals surface area contributed by atoms with Crippen LogP contribution in [0.25, 0.3) is 0 Å². The maximum absolute atomic E-state index is 10.8. The lowest BCUT2D eigenvalue weighted by atomic mass is 10.1. The normalized spacial score (nSPS) is 13.4. The van der Waals surface area contributed by atoms with E-state index in [-0.39, 0.29) is 28.5 Å². The summed E-state index contributed by atoms with van der Waals surface area (Å²) < 4.78 is 0. The smallest absolute Gasteiger partial charge is 0.329 e. The van der Waals surface area contributed by atoms with E-state index in [2.05, 4.69) is 17.6 Å². The standard InChI is InChI=1S/C11H13NO4S/c1-6(12-7(5-17)11(15)16)10-8(13)3-2-4-9(10)14/h2-4,7,13-14,17H,5H2,1H3,(H,15,16). The van der Waals surface area contributed by atoms with Gasteiger partial charge in [0.05, 0.1) is 5.56 Å². The summed E-state index contributed by atoms with van der Waals surface area (Å²) >= 11 is 3.88. The predicted molar refractivity (Wildman–Crippen MR) is 67.3 cm³/mol. The van der Waals surface area contributed by atoms with Gasteiger partial charge in [-0.15, -0.1) is 0 Å². The van der Waals surface area contributed by atoms with E-state index in [1.165, 1.54) is 25.1 Å². The van der Waals surface area contributed by atoms with Gasteiger partial charge in [-0.3, -0.25) is 4.99 Å². The molecule has 1 aromatic rings. The fraction of sp³-hybridized carbons (Fsp3) is 0.273. The minimum Gasteiger partial charge on any atom is -0.507 e. The Morgan fingerprint density at radius 3 is 2.35 bits per heavy atom. The average molecular weight is 255 g/mol. The highest BCUT2D eigenvalue weighted by Gasteiger charge is 2.17. The Bertz CT molecular complexity index is 439. The highest BCUT2D eigenvalue weighted by atomic mass is 32.1. The Hall–Kier alpha value is -1.69. The molecule has 17 heavy (non-hydrogen) atoms. The van der Waals surface area contributed by atoms with Crippen LogP contribution < -0.4 is 0 Å². The van der Waals surface area contributed by atoms with Gasteiger partial charge in [0.15, 0.2) is 6.04 Å². The van der Waals surface area contributed by atoms with Crippen LogP contribution in [0, 0.1) is 0 Å². The number of carboxylic acid groups (broad SMARTS) is 1. The van der Waals surface area contributed by atoms with E-state index in [0.717, 1.165) is 0 Å². The van der Waals surface area contributed by atoms with Crippen LogP contribution in [-0.4, -0.2) is 38.8 Å². The number of aliphatic carboxylic acids is 1. The van der Waals surface area contributed by atoms with Crippen LogP contribution in [0.5, 0.6) is 11.5 Å². The maximum atomic E-state index is 10.8. The van der Waals surface area contributed by atoms with Crippen molar-refractivity contribution in [3.8, 4) is 11.5 Å². The lowest BCUT2D eigenvalue weighted by Crippen LogP contribution is -2.21. The molecule has 0 heterocycles. The number of aromatic hydroxyl groups is 2. The third-order valence-corrected chi connectivity index (χ3v) is 2.54. The fourth-order valence-electron chi connectivity index (χ4n) is 1.37. The molecule has 1 rings (SSSR count). The summed E-state index contributed by atoms with van der Waals surface area (Å²) in [5.74, 6) is -1.35. The van der Waals surface area contributed by atoms with Gasteiger partial charge < -0.3 is 15.3 Å². The number of nitrogens with zero attached hydrogens (tertiary/aromatic N) is 1. The third kappa shape index (κ3) is 3.13. The molecule has 0 spiro atoms. The molecule has 6 heteroatoms. The average Bonchev–Trinajstić information content (AvgIpc) is 2.25. The molecule has 0 aliphatic rings. The number of carbonyl (C=O) groups is 1. The van der Waals surface area contributed by atoms with Crippen molar-refractivity contribution in [1.82, 2.24) is 0 Å². The first-order valence-corrected chi connectivity index (χ1v) is 5.50. The van der Waals surface area contributed by atoms with E-state index in [1.54, 1.807) is 0 Å². The van der Waals surface area contributed by atoms with E-state index in [0.29, 0.717) is 0 Å². The SMILES string of the molecule is CC(=NC(CS)C(=O)O)c1c(O)cccc1O. The number of carboxylic acids is 1. The second-order valence-electron chi connectivity index (χ2n) is 3.42. The van der Waals surface area contributed by atoms with Gasteiger partial charge in [0.25, 0.3) is 0 Å². The number of phenolic OH excluding ortho intramolecular Hbond substituents is 2. The number of rotatable bonds is 4. The van der Waals surface area contributed by atoms with E-state index in [4.69, 9.17) is 5.11 Å². The van der Waals surface area contributed by atoms with Crippen LogP contribution in [0.3, 0.4) is 0 Å². The molecule has 0 aliphatic heterocycles. The van der Waals surface area contributed by atoms with Gasteiger partial charge in [-0.25, -0.2) is 4.79 Å². The summed E-state index contributed by atoms with van der Waals surface area (Å²) in [5, 5.41) is 28.0. The third-order valence-electron chi connectivity index (χ3n) is 2.19. The predicted octanol–water partition coefficient (Wildman–Crippen LogP) is 1.29. The highest BCUT2D eigenvalue weighted by molar-refractivity contribution is 7.80. The van der Waals surface area contributed by atoms with Crippen molar-refractivity contribution in [2.45, 2.75) is 13.0 Å². The summed E-state index contributed by atoms with van der Waals surface area (Å²) in [6.45, 7) is 1.52. The van der Waals surface area contributed by atoms with Crippen LogP contribution in [0.1, 0.15) is 12.5 Å². The van der Waals surface area contributed by atoms with Crippen molar-refractivity contribution in [2.75, 3.05) is 5.75 Å². The van der Waals surface area contributed by atoms with Gasteiger partial charge in [0.2, 0.25) is 0 Å². The van der Waals surface area contributed by atoms with Crippen LogP contribution in [-0.2, 0) is 4.79 Å². The fourth-order valence-corrected chi connectivity index (χ4v) is 1.61. The second kappa shape index (κ2) is 5.58. The zero-order chi connectivity index (χ0) is 13.0. The van der Waals surface area contributed by atoms with Crippen molar-refractivity contribution in [2.24, 2.45) is 4.99 Å². The van der Waals surface area contributed by atoms with E-state index in [1.807, 2.05) is 0 Å². The molecule has 92 valence electrons. The first kappa shape index (κ1) is 13.4. The molecule has 0 saturated heterocycles. The van der Waals surface area contributed by atoms with Crippen molar-refractivity contribution in [3.63, 3.8) is 0 Å².